The number of nitrogens with zero attached hydrogens (tertiary/aromatic N) is 2. The lowest BCUT2D eigenvalue weighted by Crippen LogP contribution is -2.18. The Morgan fingerprint density at radius 2 is 1.89 bits per heavy atom. The van der Waals surface area contributed by atoms with Gasteiger partial charge in [0, 0.05) is 42.6 Å². The van der Waals surface area contributed by atoms with Crippen molar-refractivity contribution in [3.05, 3.63) is 68.6 Å². The quantitative estimate of drug-likeness (QED) is 0.342. The number of carbonyl (C=O) groups is 2. The first-order chi connectivity index (χ1) is 13.5. The normalized spacial score (nSPS) is 10.9. The van der Waals surface area contributed by atoms with E-state index in [-0.39, 0.29) is 12.5 Å². The van der Waals surface area contributed by atoms with Crippen LogP contribution in [0.3, 0.4) is 0 Å². The molecule has 1 N–H and O–H groups in total. The van der Waals surface area contributed by atoms with Gasteiger partial charge in [-0.25, -0.2) is 4.98 Å². The number of amides is 1. The van der Waals surface area contributed by atoms with Crippen molar-refractivity contribution in [1.29, 1.82) is 0 Å². The van der Waals surface area contributed by atoms with Gasteiger partial charge in [-0.1, -0.05) is 44.0 Å². The molecule has 4 aromatic rings. The van der Waals surface area contributed by atoms with E-state index in [0.717, 1.165) is 37.4 Å². The summed E-state index contributed by atoms with van der Waals surface area (Å²) in [6.45, 7) is 0.0964. The van der Waals surface area contributed by atoms with Crippen molar-refractivity contribution in [2.45, 2.75) is 6.54 Å². The molecule has 0 spiro atoms. The maximum Gasteiger partial charge on any atom is 0.246 e. The first-order valence-corrected chi connectivity index (χ1v) is 10.7. The predicted octanol–water partition coefficient (Wildman–Crippen LogP) is 5.74. The van der Waals surface area contributed by atoms with Crippen LogP contribution in [0.4, 0.5) is 5.13 Å². The van der Waals surface area contributed by atoms with E-state index in [1.54, 1.807) is 10.8 Å². The number of fused-ring (bicyclic) bond motifs is 1. The fourth-order valence-corrected chi connectivity index (χ4v) is 4.28. The van der Waals surface area contributed by atoms with E-state index in [1.807, 2.05) is 47.8 Å². The molecule has 2 heterocycles. The third-order valence-corrected chi connectivity index (χ3v) is 5.99. The number of hydrogen-bond acceptors (Lipinski definition) is 4. The number of halogens is 2. The zero-order valence-corrected chi connectivity index (χ0v) is 18.3. The van der Waals surface area contributed by atoms with Crippen molar-refractivity contribution >= 4 is 71.4 Å². The zero-order valence-electron chi connectivity index (χ0n) is 14.4. The topological polar surface area (TPSA) is 64.0 Å². The number of aromatic nitrogens is 2. The van der Waals surface area contributed by atoms with Gasteiger partial charge >= 0.3 is 0 Å². The van der Waals surface area contributed by atoms with Crippen LogP contribution in [-0.4, -0.2) is 21.7 Å². The number of nitrogens with one attached hydrogen (secondary N) is 1. The number of anilines is 1. The fourth-order valence-electron chi connectivity index (χ4n) is 2.92. The highest BCUT2D eigenvalue weighted by Gasteiger charge is 2.13. The van der Waals surface area contributed by atoms with Gasteiger partial charge in [-0.2, -0.15) is 0 Å². The van der Waals surface area contributed by atoms with Crippen LogP contribution in [0, 0.1) is 0 Å². The highest BCUT2D eigenvalue weighted by atomic mass is 79.9. The van der Waals surface area contributed by atoms with E-state index in [4.69, 9.17) is 0 Å². The number of carbonyl (C=O) groups excluding carboxylic acids is 2. The molecule has 2 aromatic heterocycles. The Bertz CT molecular complexity index is 1180. The molecule has 0 fully saturated rings. The van der Waals surface area contributed by atoms with Crippen molar-refractivity contribution in [3.63, 3.8) is 0 Å². The molecule has 0 saturated heterocycles. The number of aldehydes is 1. The van der Waals surface area contributed by atoms with Gasteiger partial charge in [0.2, 0.25) is 5.91 Å². The summed E-state index contributed by atoms with van der Waals surface area (Å²) in [6, 6.07) is 13.5. The maximum absolute atomic E-state index is 12.5. The Morgan fingerprint density at radius 3 is 2.64 bits per heavy atom. The van der Waals surface area contributed by atoms with E-state index >= 15 is 0 Å². The van der Waals surface area contributed by atoms with Gasteiger partial charge in [-0.05, 0) is 30.3 Å². The maximum atomic E-state index is 12.5. The predicted molar refractivity (Wildman–Crippen MR) is 119 cm³/mol. The molecule has 2 aromatic carbocycles. The third-order valence-electron chi connectivity index (χ3n) is 4.21. The van der Waals surface area contributed by atoms with Gasteiger partial charge in [-0.15, -0.1) is 11.3 Å². The molecule has 0 unspecified atom stereocenters. The van der Waals surface area contributed by atoms with Crippen molar-refractivity contribution < 1.29 is 9.59 Å². The monoisotopic (exact) mass is 517 g/mol. The van der Waals surface area contributed by atoms with Crippen LogP contribution in [0.15, 0.2) is 63.0 Å². The number of rotatable bonds is 5. The molecule has 0 aliphatic heterocycles. The molecule has 5 nitrogen and oxygen atoms in total. The molecule has 8 heteroatoms. The summed E-state index contributed by atoms with van der Waals surface area (Å²) in [5.74, 6) is -0.200. The second-order valence-electron chi connectivity index (χ2n) is 6.08. The van der Waals surface area contributed by atoms with Gasteiger partial charge in [-0.3, -0.25) is 9.59 Å². The van der Waals surface area contributed by atoms with Crippen molar-refractivity contribution in [1.82, 2.24) is 9.55 Å². The summed E-state index contributed by atoms with van der Waals surface area (Å²) < 4.78 is 3.65. The fraction of sp³-hybridized carbons (Fsp3) is 0.0500. The summed E-state index contributed by atoms with van der Waals surface area (Å²) >= 11 is 8.20. The molecule has 0 bridgehead atoms. The summed E-state index contributed by atoms with van der Waals surface area (Å²) in [5.41, 5.74) is 3.18. The molecule has 4 rings (SSSR count). The zero-order chi connectivity index (χ0) is 19.7. The van der Waals surface area contributed by atoms with Crippen LogP contribution >= 0.6 is 43.2 Å². The second-order valence-corrected chi connectivity index (χ2v) is 8.77. The standard InChI is InChI=1S/C20H13Br2N3O2S/c21-14-3-1-12(2-4-14)17-11-28-20(23-17)24-19(27)9-25-8-13(10-26)16-7-15(22)5-6-18(16)25/h1-8,10-11H,9H2,(H,23,24,27). The molecule has 0 radical (unpaired) electrons. The molecular weight excluding hydrogens is 506 g/mol. The largest absolute Gasteiger partial charge is 0.337 e. The van der Waals surface area contributed by atoms with Gasteiger partial charge in [0.05, 0.1) is 5.69 Å². The van der Waals surface area contributed by atoms with Crippen LogP contribution in [0.1, 0.15) is 10.4 Å². The van der Waals surface area contributed by atoms with E-state index in [0.29, 0.717) is 10.7 Å². The molecule has 0 aliphatic rings. The average molecular weight is 519 g/mol. The summed E-state index contributed by atoms with van der Waals surface area (Å²) in [5, 5.41) is 6.09. The van der Waals surface area contributed by atoms with Crippen molar-refractivity contribution in [3.8, 4) is 11.3 Å². The minimum atomic E-state index is -0.200. The van der Waals surface area contributed by atoms with E-state index in [1.165, 1.54) is 11.3 Å². The molecule has 1 amide bonds. The molecule has 0 atom stereocenters. The lowest BCUT2D eigenvalue weighted by molar-refractivity contribution is -0.116. The minimum absolute atomic E-state index is 0.0964. The van der Waals surface area contributed by atoms with Crippen LogP contribution < -0.4 is 5.32 Å². The van der Waals surface area contributed by atoms with Crippen LogP contribution in [0.5, 0.6) is 0 Å². The minimum Gasteiger partial charge on any atom is -0.337 e. The van der Waals surface area contributed by atoms with E-state index in [9.17, 15) is 9.59 Å². The van der Waals surface area contributed by atoms with Gasteiger partial charge in [0.15, 0.2) is 11.4 Å². The Labute approximate surface area is 181 Å². The first-order valence-electron chi connectivity index (χ1n) is 8.28. The highest BCUT2D eigenvalue weighted by Crippen LogP contribution is 2.27. The SMILES string of the molecule is O=Cc1cn(CC(=O)Nc2nc(-c3ccc(Br)cc3)cs2)c2ccc(Br)cc12. The molecule has 0 aliphatic carbocycles. The molecule has 28 heavy (non-hydrogen) atoms. The summed E-state index contributed by atoms with van der Waals surface area (Å²) in [7, 11) is 0. The van der Waals surface area contributed by atoms with Crippen LogP contribution in [0.2, 0.25) is 0 Å². The van der Waals surface area contributed by atoms with Crippen molar-refractivity contribution in [2.75, 3.05) is 5.32 Å². The van der Waals surface area contributed by atoms with Gasteiger partial charge < -0.3 is 9.88 Å². The smallest absolute Gasteiger partial charge is 0.246 e. The molecular formula is C20H13Br2N3O2S. The average Bonchev–Trinajstić information content (AvgIpc) is 3.27. The number of hydrogen-bond donors (Lipinski definition) is 1. The van der Waals surface area contributed by atoms with E-state index in [2.05, 4.69) is 42.2 Å². The Balaban J connectivity index is 1.52. The van der Waals surface area contributed by atoms with E-state index < -0.39 is 0 Å². The molecule has 140 valence electrons. The lowest BCUT2D eigenvalue weighted by atomic mass is 10.2. The highest BCUT2D eigenvalue weighted by molar-refractivity contribution is 9.10. The Morgan fingerprint density at radius 1 is 1.14 bits per heavy atom. The first kappa shape index (κ1) is 19.0. The van der Waals surface area contributed by atoms with Gasteiger partial charge in [0.1, 0.15) is 6.54 Å². The van der Waals surface area contributed by atoms with Gasteiger partial charge in [0.25, 0.3) is 0 Å². The number of thiazole rings is 1. The summed E-state index contributed by atoms with van der Waals surface area (Å²) in [6.07, 6.45) is 2.49. The van der Waals surface area contributed by atoms with Crippen LogP contribution in [-0.2, 0) is 11.3 Å². The second kappa shape index (κ2) is 7.98. The lowest BCUT2D eigenvalue weighted by Gasteiger charge is -2.05. The Hall–Kier alpha value is -2.29. The molecule has 0 saturated carbocycles. The van der Waals surface area contributed by atoms with Crippen molar-refractivity contribution in [2.24, 2.45) is 0 Å². The summed E-state index contributed by atoms with van der Waals surface area (Å²) in [4.78, 5) is 28.3. The number of benzene rings is 2. The van der Waals surface area contributed by atoms with Crippen LogP contribution in [0.25, 0.3) is 22.2 Å². The third kappa shape index (κ3) is 3.94. The Kier molecular flexibility index (Phi) is 5.43.